The Bertz CT molecular complexity index is 366. The van der Waals surface area contributed by atoms with E-state index in [1.165, 1.54) is 10.5 Å². The molecule has 1 aliphatic rings. The van der Waals surface area contributed by atoms with E-state index in [0.29, 0.717) is 0 Å². The summed E-state index contributed by atoms with van der Waals surface area (Å²) in [6, 6.07) is 10.4. The summed E-state index contributed by atoms with van der Waals surface area (Å²) in [5, 5.41) is 0. The molecule has 0 saturated carbocycles. The molecule has 4 nitrogen and oxygen atoms in total. The molecule has 0 aliphatic carbocycles. The second kappa shape index (κ2) is 5.80. The number of likely N-dealkylation sites (tertiary alicyclic amines) is 1. The number of hydrogen-bond acceptors (Lipinski definition) is 2. The fourth-order valence-electron chi connectivity index (χ4n) is 2.54. The van der Waals surface area contributed by atoms with E-state index >= 15 is 0 Å². The van der Waals surface area contributed by atoms with Crippen molar-refractivity contribution in [2.45, 2.75) is 19.4 Å². The second-order valence-corrected chi connectivity index (χ2v) is 4.71. The normalized spacial score (nSPS) is 24.3. The molecule has 1 saturated heterocycles. The van der Waals surface area contributed by atoms with E-state index in [9.17, 15) is 4.79 Å². The van der Waals surface area contributed by atoms with E-state index in [2.05, 4.69) is 29.7 Å². The van der Waals surface area contributed by atoms with Crippen molar-refractivity contribution in [3.05, 3.63) is 35.9 Å². The highest BCUT2D eigenvalue weighted by Gasteiger charge is 2.28. The van der Waals surface area contributed by atoms with Crippen LogP contribution < -0.4 is 16.2 Å². The Kier molecular flexibility index (Phi) is 4.12. The Morgan fingerprint density at radius 2 is 2.18 bits per heavy atom. The Hall–Kier alpha value is -1.39. The Balaban J connectivity index is 1.92. The molecular weight excluding hydrogens is 214 g/mol. The SMILES string of the molecule is NNC(=O)[C@H]1CCC[NH+](Cc2ccccc2)C1. The number of carbonyl (C=O) groups is 1. The van der Waals surface area contributed by atoms with Crippen molar-refractivity contribution in [2.24, 2.45) is 11.8 Å². The molecule has 17 heavy (non-hydrogen) atoms. The van der Waals surface area contributed by atoms with Crippen LogP contribution in [0.1, 0.15) is 18.4 Å². The average Bonchev–Trinajstić information content (AvgIpc) is 2.39. The van der Waals surface area contributed by atoms with E-state index in [0.717, 1.165) is 32.5 Å². The Morgan fingerprint density at radius 1 is 1.41 bits per heavy atom. The van der Waals surface area contributed by atoms with Crippen molar-refractivity contribution in [1.82, 2.24) is 5.43 Å². The van der Waals surface area contributed by atoms with Crippen LogP contribution in [0.15, 0.2) is 30.3 Å². The number of amides is 1. The molecular formula is C13H20N3O+. The zero-order valence-electron chi connectivity index (χ0n) is 9.99. The molecule has 4 N–H and O–H groups in total. The van der Waals surface area contributed by atoms with Gasteiger partial charge in [-0.3, -0.25) is 10.2 Å². The van der Waals surface area contributed by atoms with Crippen LogP contribution in [0.5, 0.6) is 0 Å². The average molecular weight is 234 g/mol. The molecule has 0 radical (unpaired) electrons. The quantitative estimate of drug-likeness (QED) is 0.374. The maximum absolute atomic E-state index is 11.5. The van der Waals surface area contributed by atoms with Crippen molar-refractivity contribution in [2.75, 3.05) is 13.1 Å². The number of benzene rings is 1. The highest BCUT2D eigenvalue weighted by Crippen LogP contribution is 2.07. The van der Waals surface area contributed by atoms with Gasteiger partial charge in [0.25, 0.3) is 0 Å². The van der Waals surface area contributed by atoms with Gasteiger partial charge in [-0.25, -0.2) is 5.84 Å². The summed E-state index contributed by atoms with van der Waals surface area (Å²) in [6.07, 6.45) is 2.06. The van der Waals surface area contributed by atoms with Crippen LogP contribution >= 0.6 is 0 Å². The van der Waals surface area contributed by atoms with Gasteiger partial charge in [0.1, 0.15) is 6.54 Å². The number of hydrazine groups is 1. The summed E-state index contributed by atoms with van der Waals surface area (Å²) < 4.78 is 0. The van der Waals surface area contributed by atoms with Crippen LogP contribution in [0.2, 0.25) is 0 Å². The topological polar surface area (TPSA) is 59.6 Å². The molecule has 0 spiro atoms. The van der Waals surface area contributed by atoms with Crippen LogP contribution in [-0.2, 0) is 11.3 Å². The standard InChI is InChI=1S/C13H19N3O/c14-15-13(17)12-7-4-8-16(10-12)9-11-5-2-1-3-6-11/h1-3,5-6,12H,4,7-10,14H2,(H,15,17)/p+1/t12-/m0/s1. The van der Waals surface area contributed by atoms with Crippen LogP contribution in [-0.4, -0.2) is 19.0 Å². The number of piperidine rings is 1. The summed E-state index contributed by atoms with van der Waals surface area (Å²) in [6.45, 7) is 3.02. The van der Waals surface area contributed by atoms with Crippen LogP contribution in [0.3, 0.4) is 0 Å². The van der Waals surface area contributed by atoms with Gasteiger partial charge in [-0.1, -0.05) is 30.3 Å². The van der Waals surface area contributed by atoms with Gasteiger partial charge in [-0.05, 0) is 12.8 Å². The molecule has 1 heterocycles. The van der Waals surface area contributed by atoms with Crippen molar-refractivity contribution >= 4 is 5.91 Å². The van der Waals surface area contributed by atoms with E-state index in [4.69, 9.17) is 5.84 Å². The van der Waals surface area contributed by atoms with Crippen LogP contribution in [0.25, 0.3) is 0 Å². The molecule has 92 valence electrons. The molecule has 1 aromatic carbocycles. The molecule has 0 bridgehead atoms. The van der Waals surface area contributed by atoms with E-state index in [-0.39, 0.29) is 11.8 Å². The molecule has 1 aromatic rings. The van der Waals surface area contributed by atoms with Crippen LogP contribution in [0.4, 0.5) is 0 Å². The number of rotatable bonds is 3. The molecule has 1 unspecified atom stereocenters. The van der Waals surface area contributed by atoms with Gasteiger partial charge in [-0.2, -0.15) is 0 Å². The van der Waals surface area contributed by atoms with Gasteiger partial charge >= 0.3 is 0 Å². The second-order valence-electron chi connectivity index (χ2n) is 4.71. The van der Waals surface area contributed by atoms with Gasteiger partial charge in [0.15, 0.2) is 0 Å². The minimum atomic E-state index is -0.0183. The van der Waals surface area contributed by atoms with E-state index in [1.807, 2.05) is 6.07 Å². The molecule has 1 fully saturated rings. The van der Waals surface area contributed by atoms with Crippen molar-refractivity contribution in [3.8, 4) is 0 Å². The van der Waals surface area contributed by atoms with Gasteiger partial charge < -0.3 is 4.90 Å². The lowest BCUT2D eigenvalue weighted by atomic mass is 9.97. The lowest BCUT2D eigenvalue weighted by Gasteiger charge is -2.28. The molecule has 1 amide bonds. The molecule has 2 rings (SSSR count). The molecule has 1 aliphatic heterocycles. The summed E-state index contributed by atoms with van der Waals surface area (Å²) in [4.78, 5) is 13.0. The summed E-state index contributed by atoms with van der Waals surface area (Å²) in [5.74, 6) is 5.25. The summed E-state index contributed by atoms with van der Waals surface area (Å²) in [5.41, 5.74) is 3.60. The summed E-state index contributed by atoms with van der Waals surface area (Å²) in [7, 11) is 0. The fourth-order valence-corrected chi connectivity index (χ4v) is 2.54. The predicted octanol–water partition coefficient (Wildman–Crippen LogP) is -0.529. The maximum atomic E-state index is 11.5. The van der Waals surface area contributed by atoms with Crippen molar-refractivity contribution < 1.29 is 9.69 Å². The third-order valence-electron chi connectivity index (χ3n) is 3.43. The minimum absolute atomic E-state index is 0.0183. The van der Waals surface area contributed by atoms with Crippen LogP contribution in [0, 0.1) is 5.92 Å². The fraction of sp³-hybridized carbons (Fsp3) is 0.462. The number of nitrogens with two attached hydrogens (primary N) is 1. The van der Waals surface area contributed by atoms with Gasteiger partial charge in [0.2, 0.25) is 5.91 Å². The minimum Gasteiger partial charge on any atom is -0.331 e. The van der Waals surface area contributed by atoms with Crippen molar-refractivity contribution in [3.63, 3.8) is 0 Å². The zero-order chi connectivity index (χ0) is 12.1. The van der Waals surface area contributed by atoms with E-state index < -0.39 is 0 Å². The summed E-state index contributed by atoms with van der Waals surface area (Å²) >= 11 is 0. The third-order valence-corrected chi connectivity index (χ3v) is 3.43. The Morgan fingerprint density at radius 3 is 2.88 bits per heavy atom. The first-order valence-electron chi connectivity index (χ1n) is 6.17. The zero-order valence-corrected chi connectivity index (χ0v) is 9.99. The van der Waals surface area contributed by atoms with E-state index in [1.54, 1.807) is 0 Å². The molecule has 4 heteroatoms. The maximum Gasteiger partial charge on any atom is 0.242 e. The largest absolute Gasteiger partial charge is 0.331 e. The monoisotopic (exact) mass is 234 g/mol. The first-order valence-corrected chi connectivity index (χ1v) is 6.17. The van der Waals surface area contributed by atoms with Crippen molar-refractivity contribution in [1.29, 1.82) is 0 Å². The highest BCUT2D eigenvalue weighted by atomic mass is 16.2. The number of nitrogens with one attached hydrogen (secondary N) is 2. The Labute approximate surface area is 102 Å². The lowest BCUT2D eigenvalue weighted by molar-refractivity contribution is -0.921. The van der Waals surface area contributed by atoms with Gasteiger partial charge in [0, 0.05) is 5.56 Å². The first-order chi connectivity index (χ1) is 8.29. The van der Waals surface area contributed by atoms with Gasteiger partial charge in [0.05, 0.1) is 19.0 Å². The smallest absolute Gasteiger partial charge is 0.242 e. The highest BCUT2D eigenvalue weighted by molar-refractivity contribution is 5.78. The number of carbonyl (C=O) groups excluding carboxylic acids is 1. The predicted molar refractivity (Wildman–Crippen MR) is 65.9 cm³/mol. The third kappa shape index (κ3) is 3.28. The van der Waals surface area contributed by atoms with Gasteiger partial charge in [-0.15, -0.1) is 0 Å². The first kappa shape index (κ1) is 12.1. The number of hydrogen-bond donors (Lipinski definition) is 3. The number of quaternary nitrogens is 1. The molecule has 2 atom stereocenters. The molecule has 0 aromatic heterocycles. The lowest BCUT2D eigenvalue weighted by Crippen LogP contribution is -3.12.